The molecule has 0 aliphatic heterocycles. The highest BCUT2D eigenvalue weighted by molar-refractivity contribution is 5.95. The van der Waals surface area contributed by atoms with E-state index in [9.17, 15) is 9.59 Å². The van der Waals surface area contributed by atoms with Gasteiger partial charge in [-0.25, -0.2) is 9.78 Å². The van der Waals surface area contributed by atoms with E-state index in [1.165, 1.54) is 6.33 Å². The highest BCUT2D eigenvalue weighted by Crippen LogP contribution is 2.19. The third kappa shape index (κ3) is 3.57. The minimum atomic E-state index is -0.635. The zero-order valence-corrected chi connectivity index (χ0v) is 15.3. The van der Waals surface area contributed by atoms with Gasteiger partial charge in [-0.1, -0.05) is 18.2 Å². The number of nitrogens with zero attached hydrogens (tertiary/aromatic N) is 2. The average molecular weight is 377 g/mol. The number of benzene rings is 1. The van der Waals surface area contributed by atoms with Crippen LogP contribution in [0.15, 0.2) is 52.1 Å². The van der Waals surface area contributed by atoms with E-state index in [1.54, 1.807) is 13.0 Å². The van der Waals surface area contributed by atoms with Gasteiger partial charge >= 0.3 is 5.63 Å². The van der Waals surface area contributed by atoms with Crippen LogP contribution in [0, 0.1) is 6.92 Å². The zero-order valence-electron chi connectivity index (χ0n) is 15.3. The molecular formula is C20H19N5O3. The van der Waals surface area contributed by atoms with Gasteiger partial charge < -0.3 is 14.7 Å². The second kappa shape index (κ2) is 7.51. The van der Waals surface area contributed by atoms with E-state index in [-0.39, 0.29) is 12.1 Å². The molecule has 0 atom stereocenters. The van der Waals surface area contributed by atoms with Crippen LogP contribution in [-0.2, 0) is 19.4 Å². The SMILES string of the molecule is Cc1cc(CCc2c[nH]c3ccccc23)oc(=O)c1C(=O)NCc1ncn[nH]1. The summed E-state index contributed by atoms with van der Waals surface area (Å²) in [5, 5.41) is 10.2. The fourth-order valence-corrected chi connectivity index (χ4v) is 3.23. The Morgan fingerprint density at radius 1 is 1.25 bits per heavy atom. The number of aromatic nitrogens is 4. The second-order valence-corrected chi connectivity index (χ2v) is 6.53. The quantitative estimate of drug-likeness (QED) is 0.476. The number of carbonyl (C=O) groups excluding carboxylic acids is 1. The van der Waals surface area contributed by atoms with Crippen molar-refractivity contribution in [2.24, 2.45) is 0 Å². The van der Waals surface area contributed by atoms with Gasteiger partial charge in [-0.3, -0.25) is 9.89 Å². The monoisotopic (exact) mass is 377 g/mol. The zero-order chi connectivity index (χ0) is 19.5. The van der Waals surface area contributed by atoms with Crippen molar-refractivity contribution in [3.8, 4) is 0 Å². The standard InChI is InChI=1S/C20H19N5O3/c1-12-8-14(7-6-13-9-21-16-5-3-2-4-15(13)16)28-20(27)18(12)19(26)22-10-17-23-11-24-25-17/h2-5,8-9,11,21H,6-7,10H2,1H3,(H,22,26)(H,23,24,25). The summed E-state index contributed by atoms with van der Waals surface area (Å²) in [7, 11) is 0. The molecule has 0 spiro atoms. The first-order valence-electron chi connectivity index (χ1n) is 8.93. The molecule has 4 aromatic rings. The molecular weight excluding hydrogens is 358 g/mol. The van der Waals surface area contributed by atoms with Crippen LogP contribution >= 0.6 is 0 Å². The van der Waals surface area contributed by atoms with E-state index >= 15 is 0 Å². The van der Waals surface area contributed by atoms with E-state index in [1.807, 2.05) is 24.4 Å². The largest absolute Gasteiger partial charge is 0.427 e. The third-order valence-electron chi connectivity index (χ3n) is 4.62. The van der Waals surface area contributed by atoms with Crippen molar-refractivity contribution < 1.29 is 9.21 Å². The molecule has 142 valence electrons. The molecule has 3 aromatic heterocycles. The Hall–Kier alpha value is -3.68. The normalized spacial score (nSPS) is 11.0. The van der Waals surface area contributed by atoms with Gasteiger partial charge in [0.15, 0.2) is 0 Å². The highest BCUT2D eigenvalue weighted by Gasteiger charge is 2.17. The van der Waals surface area contributed by atoms with Crippen LogP contribution in [0.1, 0.15) is 33.1 Å². The number of nitrogens with one attached hydrogen (secondary N) is 3. The summed E-state index contributed by atoms with van der Waals surface area (Å²) < 4.78 is 5.40. The lowest BCUT2D eigenvalue weighted by Crippen LogP contribution is -2.29. The molecule has 0 saturated heterocycles. The number of rotatable bonds is 6. The Kier molecular flexibility index (Phi) is 4.76. The summed E-state index contributed by atoms with van der Waals surface area (Å²) >= 11 is 0. The smallest absolute Gasteiger partial charge is 0.349 e. The first-order chi connectivity index (χ1) is 13.6. The van der Waals surface area contributed by atoms with Crippen LogP contribution in [0.25, 0.3) is 10.9 Å². The van der Waals surface area contributed by atoms with Crippen LogP contribution in [0.5, 0.6) is 0 Å². The van der Waals surface area contributed by atoms with Gasteiger partial charge in [0, 0.05) is 23.5 Å². The number of aromatic amines is 2. The fourth-order valence-electron chi connectivity index (χ4n) is 3.23. The van der Waals surface area contributed by atoms with Gasteiger partial charge in [-0.15, -0.1) is 0 Å². The minimum absolute atomic E-state index is 0.00959. The lowest BCUT2D eigenvalue weighted by molar-refractivity contribution is 0.0945. The molecule has 0 aliphatic rings. The molecule has 28 heavy (non-hydrogen) atoms. The Morgan fingerprint density at radius 3 is 2.89 bits per heavy atom. The Balaban J connectivity index is 1.47. The number of H-pyrrole nitrogens is 2. The van der Waals surface area contributed by atoms with Crippen LogP contribution in [0.4, 0.5) is 0 Å². The lowest BCUT2D eigenvalue weighted by Gasteiger charge is -2.07. The summed E-state index contributed by atoms with van der Waals surface area (Å²) in [6.45, 7) is 1.88. The Labute approximate surface area is 160 Å². The summed E-state index contributed by atoms with van der Waals surface area (Å²) in [5.41, 5.74) is 2.19. The number of aryl methyl sites for hydroxylation is 3. The summed E-state index contributed by atoms with van der Waals surface area (Å²) in [5.74, 6) is 0.566. The number of fused-ring (bicyclic) bond motifs is 1. The predicted octanol–water partition coefficient (Wildman–Crippen LogP) is 2.26. The summed E-state index contributed by atoms with van der Waals surface area (Å²) in [4.78, 5) is 31.9. The van der Waals surface area contributed by atoms with Crippen molar-refractivity contribution in [1.29, 1.82) is 0 Å². The van der Waals surface area contributed by atoms with Gasteiger partial charge in [-0.2, -0.15) is 5.10 Å². The molecule has 0 aliphatic carbocycles. The van der Waals surface area contributed by atoms with Crippen molar-refractivity contribution in [3.63, 3.8) is 0 Å². The van der Waals surface area contributed by atoms with Crippen LogP contribution in [-0.4, -0.2) is 26.1 Å². The second-order valence-electron chi connectivity index (χ2n) is 6.53. The number of hydrogen-bond donors (Lipinski definition) is 3. The molecule has 0 saturated carbocycles. The van der Waals surface area contributed by atoms with Gasteiger partial charge in [0.05, 0.1) is 6.54 Å². The maximum atomic E-state index is 12.4. The van der Waals surface area contributed by atoms with Crippen molar-refractivity contribution >= 4 is 16.8 Å². The third-order valence-corrected chi connectivity index (χ3v) is 4.62. The average Bonchev–Trinajstić information content (AvgIpc) is 3.34. The van der Waals surface area contributed by atoms with Crippen molar-refractivity contribution in [2.45, 2.75) is 26.3 Å². The molecule has 3 N–H and O–H groups in total. The van der Waals surface area contributed by atoms with E-state index in [4.69, 9.17) is 4.42 Å². The number of amides is 1. The van der Waals surface area contributed by atoms with Gasteiger partial charge in [-0.05, 0) is 36.6 Å². The molecule has 4 rings (SSSR count). The predicted molar refractivity (Wildman–Crippen MR) is 103 cm³/mol. The van der Waals surface area contributed by atoms with E-state index in [2.05, 4.69) is 31.5 Å². The molecule has 8 nitrogen and oxygen atoms in total. The van der Waals surface area contributed by atoms with Crippen LogP contribution in [0.2, 0.25) is 0 Å². The molecule has 8 heteroatoms. The summed E-state index contributed by atoms with van der Waals surface area (Å²) in [6.07, 6.45) is 4.62. The van der Waals surface area contributed by atoms with Gasteiger partial charge in [0.1, 0.15) is 23.5 Å². The van der Waals surface area contributed by atoms with E-state index < -0.39 is 11.5 Å². The van der Waals surface area contributed by atoms with Crippen LogP contribution < -0.4 is 10.9 Å². The van der Waals surface area contributed by atoms with Crippen molar-refractivity contribution in [2.75, 3.05) is 0 Å². The van der Waals surface area contributed by atoms with Crippen molar-refractivity contribution in [3.05, 3.63) is 81.6 Å². The first-order valence-corrected chi connectivity index (χ1v) is 8.93. The highest BCUT2D eigenvalue weighted by atomic mass is 16.4. The Morgan fingerprint density at radius 2 is 2.11 bits per heavy atom. The van der Waals surface area contributed by atoms with E-state index in [0.29, 0.717) is 23.6 Å². The first kappa shape index (κ1) is 17.7. The van der Waals surface area contributed by atoms with E-state index in [0.717, 1.165) is 22.9 Å². The molecule has 0 radical (unpaired) electrons. The maximum Gasteiger partial charge on any atom is 0.349 e. The van der Waals surface area contributed by atoms with Gasteiger partial charge in [0.25, 0.3) is 5.91 Å². The Bertz CT molecular complexity index is 1170. The fraction of sp³-hybridized carbons (Fsp3) is 0.200. The van der Waals surface area contributed by atoms with Crippen LogP contribution in [0.3, 0.4) is 0 Å². The molecule has 0 unspecified atom stereocenters. The molecule has 1 aromatic carbocycles. The summed E-state index contributed by atoms with van der Waals surface area (Å²) in [6, 6.07) is 9.81. The number of carbonyl (C=O) groups is 1. The number of hydrogen-bond acceptors (Lipinski definition) is 5. The minimum Gasteiger partial charge on any atom is -0.427 e. The molecule has 3 heterocycles. The lowest BCUT2D eigenvalue weighted by atomic mass is 10.1. The van der Waals surface area contributed by atoms with Crippen molar-refractivity contribution in [1.82, 2.24) is 25.5 Å². The van der Waals surface area contributed by atoms with Gasteiger partial charge in [0.2, 0.25) is 0 Å². The number of para-hydroxylation sites is 1. The molecule has 1 amide bonds. The topological polar surface area (TPSA) is 117 Å². The maximum absolute atomic E-state index is 12.4. The molecule has 0 bridgehead atoms. The molecule has 0 fully saturated rings.